The van der Waals surface area contributed by atoms with E-state index in [0.29, 0.717) is 11.1 Å². The van der Waals surface area contributed by atoms with Gasteiger partial charge in [-0.15, -0.1) is 11.6 Å². The van der Waals surface area contributed by atoms with Crippen molar-refractivity contribution in [3.05, 3.63) is 58.1 Å². The molecular formula is C16H11ClO4. The fraction of sp³-hybridized carbons (Fsp3) is 0.125. The lowest BCUT2D eigenvalue weighted by Gasteiger charge is -2.21. The first kappa shape index (κ1) is 13.6. The fourth-order valence-electron chi connectivity index (χ4n) is 2.56. The molecule has 106 valence electrons. The van der Waals surface area contributed by atoms with Gasteiger partial charge >= 0.3 is 0 Å². The molecule has 1 aliphatic rings. The number of hydrogen-bond donors (Lipinski definition) is 1. The molecule has 0 spiro atoms. The zero-order valence-corrected chi connectivity index (χ0v) is 11.9. The summed E-state index contributed by atoms with van der Waals surface area (Å²) in [5.74, 6) is -0.741. The van der Waals surface area contributed by atoms with E-state index in [1.807, 2.05) is 0 Å². The average molecular weight is 303 g/mol. The van der Waals surface area contributed by atoms with Crippen LogP contribution in [0.25, 0.3) is 0 Å². The van der Waals surface area contributed by atoms with Gasteiger partial charge in [-0.1, -0.05) is 24.3 Å². The van der Waals surface area contributed by atoms with Gasteiger partial charge in [-0.25, -0.2) is 0 Å². The van der Waals surface area contributed by atoms with Gasteiger partial charge in [0.05, 0.1) is 24.1 Å². The molecular weight excluding hydrogens is 292 g/mol. The normalized spacial score (nSPS) is 12.9. The first-order chi connectivity index (χ1) is 10.1. The SMILES string of the molecule is COc1cc(CCl)c(O)c2c1C(=O)c1ccccc1C2=O. The maximum absolute atomic E-state index is 12.6. The van der Waals surface area contributed by atoms with Crippen LogP contribution in [0.15, 0.2) is 30.3 Å². The first-order valence-electron chi connectivity index (χ1n) is 6.27. The number of phenols is 1. The number of rotatable bonds is 2. The monoisotopic (exact) mass is 302 g/mol. The summed E-state index contributed by atoms with van der Waals surface area (Å²) < 4.78 is 5.20. The Morgan fingerprint density at radius 2 is 1.67 bits per heavy atom. The highest BCUT2D eigenvalue weighted by molar-refractivity contribution is 6.30. The predicted octanol–water partition coefficient (Wildman–Crippen LogP) is 2.92. The van der Waals surface area contributed by atoms with E-state index in [1.54, 1.807) is 24.3 Å². The van der Waals surface area contributed by atoms with Gasteiger partial charge in [0.15, 0.2) is 11.6 Å². The lowest BCUT2D eigenvalue weighted by atomic mass is 9.82. The summed E-state index contributed by atoms with van der Waals surface area (Å²) in [6.45, 7) is 0. The molecule has 0 fully saturated rings. The Morgan fingerprint density at radius 3 is 2.19 bits per heavy atom. The number of fused-ring (bicyclic) bond motifs is 2. The number of benzene rings is 2. The number of carbonyl (C=O) groups excluding carboxylic acids is 2. The Bertz CT molecular complexity index is 780. The van der Waals surface area contributed by atoms with Gasteiger partial charge in [0.2, 0.25) is 0 Å². The van der Waals surface area contributed by atoms with E-state index in [1.165, 1.54) is 13.2 Å². The number of halogens is 1. The number of phenolic OH excluding ortho intramolecular Hbond substituents is 1. The zero-order valence-electron chi connectivity index (χ0n) is 11.1. The number of ketones is 2. The van der Waals surface area contributed by atoms with Crippen LogP contribution < -0.4 is 4.74 Å². The number of aromatic hydroxyl groups is 1. The molecule has 0 bridgehead atoms. The largest absolute Gasteiger partial charge is 0.507 e. The van der Waals surface area contributed by atoms with Crippen molar-refractivity contribution < 1.29 is 19.4 Å². The quantitative estimate of drug-likeness (QED) is 0.739. The number of ether oxygens (including phenoxy) is 1. The van der Waals surface area contributed by atoms with Gasteiger partial charge in [0, 0.05) is 16.7 Å². The Morgan fingerprint density at radius 1 is 1.10 bits per heavy atom. The molecule has 1 aliphatic carbocycles. The molecule has 3 rings (SSSR count). The standard InChI is InChI=1S/C16H11ClO4/c1-21-11-6-8(7-17)14(18)13-12(11)15(19)9-4-2-3-5-10(9)16(13)20/h2-6,18H,7H2,1H3. The van der Waals surface area contributed by atoms with Crippen molar-refractivity contribution in [2.75, 3.05) is 7.11 Å². The molecule has 4 nitrogen and oxygen atoms in total. The minimum atomic E-state index is -0.400. The summed E-state index contributed by atoms with van der Waals surface area (Å²) in [7, 11) is 1.41. The van der Waals surface area contributed by atoms with E-state index < -0.39 is 5.78 Å². The second-order valence-corrected chi connectivity index (χ2v) is 4.94. The Hall–Kier alpha value is -2.33. The van der Waals surface area contributed by atoms with Crippen LogP contribution in [0.5, 0.6) is 11.5 Å². The second-order valence-electron chi connectivity index (χ2n) is 4.67. The van der Waals surface area contributed by atoms with Crippen LogP contribution >= 0.6 is 11.6 Å². The average Bonchev–Trinajstić information content (AvgIpc) is 2.52. The third-order valence-electron chi connectivity index (χ3n) is 3.58. The highest BCUT2D eigenvalue weighted by atomic mass is 35.5. The molecule has 0 amide bonds. The molecule has 2 aromatic carbocycles. The molecule has 0 aliphatic heterocycles. The number of alkyl halides is 1. The van der Waals surface area contributed by atoms with E-state index in [-0.39, 0.29) is 39.9 Å². The third kappa shape index (κ3) is 1.83. The van der Waals surface area contributed by atoms with E-state index >= 15 is 0 Å². The smallest absolute Gasteiger partial charge is 0.198 e. The maximum atomic E-state index is 12.6. The van der Waals surface area contributed by atoms with E-state index in [0.717, 1.165) is 0 Å². The number of methoxy groups -OCH3 is 1. The van der Waals surface area contributed by atoms with Crippen LogP contribution in [0.2, 0.25) is 0 Å². The fourth-order valence-corrected chi connectivity index (χ4v) is 2.76. The summed E-state index contributed by atoms with van der Waals surface area (Å²) in [5.41, 5.74) is 1.000. The summed E-state index contributed by atoms with van der Waals surface area (Å²) in [4.78, 5) is 25.2. The Balaban J connectivity index is 2.39. The van der Waals surface area contributed by atoms with Crippen LogP contribution in [0.1, 0.15) is 37.4 Å². The van der Waals surface area contributed by atoms with Crippen molar-refractivity contribution in [3.8, 4) is 11.5 Å². The van der Waals surface area contributed by atoms with Crippen LogP contribution in [0.3, 0.4) is 0 Å². The molecule has 0 atom stereocenters. The lowest BCUT2D eigenvalue weighted by molar-refractivity contribution is 0.0974. The lowest BCUT2D eigenvalue weighted by Crippen LogP contribution is -2.22. The van der Waals surface area contributed by atoms with Crippen molar-refractivity contribution >= 4 is 23.2 Å². The van der Waals surface area contributed by atoms with Crippen molar-refractivity contribution in [2.24, 2.45) is 0 Å². The van der Waals surface area contributed by atoms with Crippen LogP contribution in [0.4, 0.5) is 0 Å². The zero-order chi connectivity index (χ0) is 15.1. The van der Waals surface area contributed by atoms with Crippen molar-refractivity contribution in [2.45, 2.75) is 5.88 Å². The summed E-state index contributed by atoms with van der Waals surface area (Å²) in [6, 6.07) is 8.01. The summed E-state index contributed by atoms with van der Waals surface area (Å²) >= 11 is 5.78. The van der Waals surface area contributed by atoms with Gasteiger partial charge < -0.3 is 9.84 Å². The van der Waals surface area contributed by atoms with E-state index in [9.17, 15) is 14.7 Å². The van der Waals surface area contributed by atoms with Crippen LogP contribution in [0, 0.1) is 0 Å². The number of carbonyl (C=O) groups is 2. The highest BCUT2D eigenvalue weighted by Gasteiger charge is 2.35. The van der Waals surface area contributed by atoms with Gasteiger partial charge in [0.25, 0.3) is 0 Å². The summed E-state index contributed by atoms with van der Waals surface area (Å²) in [6.07, 6.45) is 0. The second kappa shape index (κ2) is 4.90. The molecule has 0 saturated carbocycles. The minimum absolute atomic E-state index is 0.0125. The Labute approximate surface area is 125 Å². The third-order valence-corrected chi connectivity index (χ3v) is 3.86. The van der Waals surface area contributed by atoms with Gasteiger partial charge in [0.1, 0.15) is 11.5 Å². The van der Waals surface area contributed by atoms with Crippen LogP contribution in [-0.2, 0) is 5.88 Å². The molecule has 21 heavy (non-hydrogen) atoms. The Kier molecular flexibility index (Phi) is 3.18. The van der Waals surface area contributed by atoms with Crippen molar-refractivity contribution in [3.63, 3.8) is 0 Å². The van der Waals surface area contributed by atoms with E-state index in [4.69, 9.17) is 16.3 Å². The molecule has 5 heteroatoms. The van der Waals surface area contributed by atoms with Gasteiger partial charge in [-0.05, 0) is 6.07 Å². The van der Waals surface area contributed by atoms with E-state index in [2.05, 4.69) is 0 Å². The predicted molar refractivity (Wildman–Crippen MR) is 77.5 cm³/mol. The maximum Gasteiger partial charge on any atom is 0.198 e. The van der Waals surface area contributed by atoms with Crippen molar-refractivity contribution in [1.82, 2.24) is 0 Å². The topological polar surface area (TPSA) is 63.6 Å². The first-order valence-corrected chi connectivity index (χ1v) is 6.80. The minimum Gasteiger partial charge on any atom is -0.507 e. The van der Waals surface area contributed by atoms with Crippen LogP contribution in [-0.4, -0.2) is 23.8 Å². The van der Waals surface area contributed by atoms with Gasteiger partial charge in [-0.2, -0.15) is 0 Å². The molecule has 0 radical (unpaired) electrons. The van der Waals surface area contributed by atoms with Gasteiger partial charge in [-0.3, -0.25) is 9.59 Å². The summed E-state index contributed by atoms with van der Waals surface area (Å²) in [5, 5.41) is 10.3. The highest BCUT2D eigenvalue weighted by Crippen LogP contribution is 2.40. The molecule has 0 unspecified atom stereocenters. The van der Waals surface area contributed by atoms with Crippen molar-refractivity contribution in [1.29, 1.82) is 0 Å². The molecule has 1 N–H and O–H groups in total. The number of hydrogen-bond acceptors (Lipinski definition) is 4. The molecule has 0 saturated heterocycles. The molecule has 0 aromatic heterocycles. The molecule has 2 aromatic rings. The molecule has 0 heterocycles.